The Hall–Kier alpha value is -2.26. The van der Waals surface area contributed by atoms with Crippen LogP contribution in [0.25, 0.3) is 16.9 Å². The maximum absolute atomic E-state index is 6.19. The highest BCUT2D eigenvalue weighted by Crippen LogP contribution is 2.34. The Morgan fingerprint density at radius 3 is 2.79 bits per heavy atom. The third-order valence-corrected chi connectivity index (χ3v) is 4.71. The fourth-order valence-electron chi connectivity index (χ4n) is 3.32. The minimum absolute atomic E-state index is 0.725. The molecule has 2 heterocycles. The lowest BCUT2D eigenvalue weighted by Crippen LogP contribution is -2.07. The Bertz CT molecular complexity index is 812. The first-order valence-electron chi connectivity index (χ1n) is 8.41. The maximum Gasteiger partial charge on any atom is 0.133 e. The molecule has 0 spiro atoms. The summed E-state index contributed by atoms with van der Waals surface area (Å²) < 4.78 is 2.00. The molecule has 0 aliphatic carbocycles. The molecule has 0 bridgehead atoms. The van der Waals surface area contributed by atoms with Gasteiger partial charge in [0.15, 0.2) is 0 Å². The number of aryl methyl sites for hydroxylation is 1. The summed E-state index contributed by atoms with van der Waals surface area (Å²) in [5.74, 6) is 1.10. The molecule has 0 amide bonds. The Balaban J connectivity index is 1.92. The standard InChI is InChI=1S/C20H20ClN3/c1-14-6-4-7-15(12-14)19-18-10-2-3-11-22-20(18)24(23-19)17-9-5-8-16(21)13-17/h4-9,12-13,22H,2-3,10-11H2,1H3. The molecule has 2 aromatic carbocycles. The monoisotopic (exact) mass is 337 g/mol. The number of fused-ring (bicyclic) bond motifs is 1. The highest BCUT2D eigenvalue weighted by molar-refractivity contribution is 6.30. The summed E-state index contributed by atoms with van der Waals surface area (Å²) in [5.41, 5.74) is 5.80. The maximum atomic E-state index is 6.19. The zero-order valence-electron chi connectivity index (χ0n) is 13.7. The number of rotatable bonds is 2. The molecule has 1 aromatic heterocycles. The van der Waals surface area contributed by atoms with E-state index >= 15 is 0 Å². The number of anilines is 1. The first-order chi connectivity index (χ1) is 11.7. The Morgan fingerprint density at radius 2 is 1.96 bits per heavy atom. The number of aromatic nitrogens is 2. The zero-order chi connectivity index (χ0) is 16.5. The summed E-state index contributed by atoms with van der Waals surface area (Å²) in [6, 6.07) is 16.4. The third-order valence-electron chi connectivity index (χ3n) is 4.47. The van der Waals surface area contributed by atoms with Gasteiger partial charge in [-0.1, -0.05) is 41.4 Å². The van der Waals surface area contributed by atoms with Crippen molar-refractivity contribution < 1.29 is 0 Å². The SMILES string of the molecule is Cc1cccc(-c2nn(-c3cccc(Cl)c3)c3c2CCCCN3)c1. The summed E-state index contributed by atoms with van der Waals surface area (Å²) in [7, 11) is 0. The minimum Gasteiger partial charge on any atom is -0.370 e. The Kier molecular flexibility index (Phi) is 4.03. The van der Waals surface area contributed by atoms with Gasteiger partial charge >= 0.3 is 0 Å². The first kappa shape index (κ1) is 15.3. The molecule has 122 valence electrons. The van der Waals surface area contributed by atoms with Crippen molar-refractivity contribution in [1.82, 2.24) is 9.78 Å². The van der Waals surface area contributed by atoms with Crippen molar-refractivity contribution in [3.05, 3.63) is 64.7 Å². The van der Waals surface area contributed by atoms with Gasteiger partial charge in [-0.05, 0) is 50.5 Å². The van der Waals surface area contributed by atoms with E-state index in [4.69, 9.17) is 16.7 Å². The van der Waals surface area contributed by atoms with Gasteiger partial charge in [0.1, 0.15) is 5.82 Å². The van der Waals surface area contributed by atoms with Gasteiger partial charge in [0.25, 0.3) is 0 Å². The van der Waals surface area contributed by atoms with Crippen LogP contribution in [0.5, 0.6) is 0 Å². The second-order valence-corrected chi connectivity index (χ2v) is 6.76. The zero-order valence-corrected chi connectivity index (χ0v) is 14.5. The summed E-state index contributed by atoms with van der Waals surface area (Å²) in [6.07, 6.45) is 3.41. The molecule has 1 aliphatic rings. The average Bonchev–Trinajstić information content (AvgIpc) is 2.76. The largest absolute Gasteiger partial charge is 0.370 e. The van der Waals surface area contributed by atoms with Crippen molar-refractivity contribution in [2.75, 3.05) is 11.9 Å². The number of hydrogen-bond acceptors (Lipinski definition) is 2. The minimum atomic E-state index is 0.725. The molecule has 4 rings (SSSR count). The predicted octanol–water partition coefficient (Wildman–Crippen LogP) is 5.25. The lowest BCUT2D eigenvalue weighted by atomic mass is 10.0. The third kappa shape index (κ3) is 2.80. The fourth-order valence-corrected chi connectivity index (χ4v) is 3.51. The van der Waals surface area contributed by atoms with Crippen LogP contribution in [0.3, 0.4) is 0 Å². The smallest absolute Gasteiger partial charge is 0.133 e. The molecule has 1 N–H and O–H groups in total. The van der Waals surface area contributed by atoms with E-state index in [2.05, 4.69) is 36.5 Å². The molecule has 0 saturated heterocycles. The molecule has 0 radical (unpaired) electrons. The Labute approximate surface area is 147 Å². The van der Waals surface area contributed by atoms with Crippen LogP contribution in [0.2, 0.25) is 5.02 Å². The molecule has 0 atom stereocenters. The van der Waals surface area contributed by atoms with Crippen LogP contribution < -0.4 is 5.32 Å². The molecule has 4 heteroatoms. The number of nitrogens with one attached hydrogen (secondary N) is 1. The lowest BCUT2D eigenvalue weighted by Gasteiger charge is -2.09. The highest BCUT2D eigenvalue weighted by Gasteiger charge is 2.21. The van der Waals surface area contributed by atoms with E-state index in [0.29, 0.717) is 0 Å². The highest BCUT2D eigenvalue weighted by atomic mass is 35.5. The summed E-state index contributed by atoms with van der Waals surface area (Å²) in [5, 5.41) is 9.25. The molecular weight excluding hydrogens is 318 g/mol. The van der Waals surface area contributed by atoms with E-state index in [1.54, 1.807) is 0 Å². The summed E-state index contributed by atoms with van der Waals surface area (Å²) in [6.45, 7) is 3.10. The van der Waals surface area contributed by atoms with Crippen LogP contribution in [0.15, 0.2) is 48.5 Å². The Morgan fingerprint density at radius 1 is 1.08 bits per heavy atom. The molecule has 0 saturated carbocycles. The molecule has 24 heavy (non-hydrogen) atoms. The van der Waals surface area contributed by atoms with Gasteiger partial charge in [-0.3, -0.25) is 0 Å². The van der Waals surface area contributed by atoms with Crippen molar-refractivity contribution in [3.8, 4) is 16.9 Å². The number of nitrogens with zero attached hydrogens (tertiary/aromatic N) is 2. The van der Waals surface area contributed by atoms with Gasteiger partial charge in [-0.25, -0.2) is 4.68 Å². The topological polar surface area (TPSA) is 29.9 Å². The van der Waals surface area contributed by atoms with Crippen LogP contribution in [0.4, 0.5) is 5.82 Å². The second-order valence-electron chi connectivity index (χ2n) is 6.32. The van der Waals surface area contributed by atoms with E-state index in [1.165, 1.54) is 29.5 Å². The lowest BCUT2D eigenvalue weighted by molar-refractivity contribution is 0.780. The summed E-state index contributed by atoms with van der Waals surface area (Å²) in [4.78, 5) is 0. The quantitative estimate of drug-likeness (QED) is 0.692. The molecule has 0 unspecified atom stereocenters. The van der Waals surface area contributed by atoms with Crippen LogP contribution in [-0.4, -0.2) is 16.3 Å². The molecular formula is C20H20ClN3. The van der Waals surface area contributed by atoms with Gasteiger partial charge in [0, 0.05) is 22.7 Å². The second kappa shape index (κ2) is 6.33. The van der Waals surface area contributed by atoms with E-state index in [-0.39, 0.29) is 0 Å². The van der Waals surface area contributed by atoms with Crippen molar-refractivity contribution >= 4 is 17.4 Å². The van der Waals surface area contributed by atoms with Gasteiger partial charge in [-0.2, -0.15) is 5.10 Å². The molecule has 1 aliphatic heterocycles. The number of hydrogen-bond donors (Lipinski definition) is 1. The first-order valence-corrected chi connectivity index (χ1v) is 8.79. The number of benzene rings is 2. The number of halogens is 1. The fraction of sp³-hybridized carbons (Fsp3) is 0.250. The van der Waals surface area contributed by atoms with Crippen LogP contribution >= 0.6 is 11.6 Å². The van der Waals surface area contributed by atoms with Gasteiger partial charge < -0.3 is 5.32 Å². The van der Waals surface area contributed by atoms with Crippen LogP contribution in [-0.2, 0) is 6.42 Å². The summed E-state index contributed by atoms with van der Waals surface area (Å²) >= 11 is 6.19. The van der Waals surface area contributed by atoms with E-state index in [1.807, 2.05) is 28.9 Å². The van der Waals surface area contributed by atoms with Gasteiger partial charge in [0.2, 0.25) is 0 Å². The van der Waals surface area contributed by atoms with Crippen molar-refractivity contribution in [3.63, 3.8) is 0 Å². The van der Waals surface area contributed by atoms with Crippen molar-refractivity contribution in [1.29, 1.82) is 0 Å². The van der Waals surface area contributed by atoms with E-state index in [0.717, 1.165) is 35.2 Å². The normalized spacial score (nSPS) is 13.9. The van der Waals surface area contributed by atoms with Crippen LogP contribution in [0, 0.1) is 6.92 Å². The van der Waals surface area contributed by atoms with E-state index in [9.17, 15) is 0 Å². The van der Waals surface area contributed by atoms with Crippen molar-refractivity contribution in [2.45, 2.75) is 26.2 Å². The van der Waals surface area contributed by atoms with Crippen molar-refractivity contribution in [2.24, 2.45) is 0 Å². The average molecular weight is 338 g/mol. The predicted molar refractivity (Wildman–Crippen MR) is 100 cm³/mol. The van der Waals surface area contributed by atoms with E-state index < -0.39 is 0 Å². The van der Waals surface area contributed by atoms with Crippen LogP contribution in [0.1, 0.15) is 24.0 Å². The molecule has 0 fully saturated rings. The molecule has 3 aromatic rings. The van der Waals surface area contributed by atoms with Gasteiger partial charge in [0.05, 0.1) is 11.4 Å². The van der Waals surface area contributed by atoms with Gasteiger partial charge in [-0.15, -0.1) is 0 Å². The molecule has 3 nitrogen and oxygen atoms in total.